The van der Waals surface area contributed by atoms with Crippen LogP contribution in [-0.2, 0) is 14.1 Å². The Morgan fingerprint density at radius 1 is 0.547 bits per heavy atom. The third-order valence-corrected chi connectivity index (χ3v) is 11.6. The highest BCUT2D eigenvalue weighted by Gasteiger charge is 2.18. The molecule has 1 unspecified atom stereocenters. The molecule has 0 fully saturated rings. The zero-order valence-corrected chi connectivity index (χ0v) is 35.4. The van der Waals surface area contributed by atoms with Crippen molar-refractivity contribution in [3.63, 3.8) is 0 Å². The molecule has 0 saturated carbocycles. The van der Waals surface area contributed by atoms with E-state index in [1.807, 2.05) is 62.0 Å². The molecule has 0 amide bonds. The van der Waals surface area contributed by atoms with E-state index in [0.29, 0.717) is 5.52 Å². The predicted octanol–water partition coefficient (Wildman–Crippen LogP) is 10.4. The summed E-state index contributed by atoms with van der Waals surface area (Å²) in [6, 6.07) is 37.3. The van der Waals surface area contributed by atoms with Crippen molar-refractivity contribution >= 4 is 55.2 Å². The Morgan fingerprint density at radius 2 is 1.11 bits per heavy atom. The Kier molecular flexibility index (Phi) is 10.6. The van der Waals surface area contributed by atoms with E-state index in [2.05, 4.69) is 154 Å². The van der Waals surface area contributed by atoms with Crippen LogP contribution in [0.3, 0.4) is 0 Å². The number of hydrogen-bond donors (Lipinski definition) is 3. The standard InChI is InChI=1S/C28H22N6.C24H21N5O/c1-34-13-8-19-6-7-20(14-26(19)34)24-15-23(16-25-28(24)32-12-11-31-25)33-27(21-4-2-9-29-17-21)22-5-3-10-30-18-22;1-15(18-4-3-8-25-13-18)27-19-11-20(24-21(12-19)28-23(30)14-26-24)17-6-5-16-7-9-29(2)22(16)10-17/h2-18,27,33H,1H3;3-15,27H,1-2H3,(H,28,30). The molecule has 0 aliphatic heterocycles. The van der Waals surface area contributed by atoms with Gasteiger partial charge in [-0.05, 0) is 112 Å². The van der Waals surface area contributed by atoms with Gasteiger partial charge in [0.2, 0.25) is 0 Å². The van der Waals surface area contributed by atoms with Crippen LogP contribution in [0, 0.1) is 0 Å². The number of rotatable bonds is 9. The number of H-pyrrole nitrogens is 1. The third kappa shape index (κ3) is 8.03. The summed E-state index contributed by atoms with van der Waals surface area (Å²) in [6.07, 6.45) is 19.9. The van der Waals surface area contributed by atoms with Crippen LogP contribution in [0.2, 0.25) is 0 Å². The molecule has 0 aliphatic carbocycles. The van der Waals surface area contributed by atoms with E-state index < -0.39 is 0 Å². The molecule has 64 heavy (non-hydrogen) atoms. The maximum absolute atomic E-state index is 11.9. The zero-order chi connectivity index (χ0) is 43.6. The van der Waals surface area contributed by atoms with Gasteiger partial charge in [-0.3, -0.25) is 29.7 Å². The topological polar surface area (TPSA) is 144 Å². The fraction of sp³-hybridized carbons (Fsp3) is 0.0962. The molecule has 7 heterocycles. The number of aryl methyl sites for hydroxylation is 2. The van der Waals surface area contributed by atoms with E-state index in [1.165, 1.54) is 22.5 Å². The normalized spacial score (nSPS) is 11.8. The van der Waals surface area contributed by atoms with Crippen molar-refractivity contribution in [2.24, 2.45) is 14.1 Å². The second-order valence-electron chi connectivity index (χ2n) is 15.8. The predicted molar refractivity (Wildman–Crippen MR) is 256 cm³/mol. The largest absolute Gasteiger partial charge is 0.378 e. The first kappa shape index (κ1) is 39.6. The van der Waals surface area contributed by atoms with Gasteiger partial charge >= 0.3 is 0 Å². The van der Waals surface area contributed by atoms with Crippen molar-refractivity contribution < 1.29 is 0 Å². The van der Waals surface area contributed by atoms with E-state index in [4.69, 9.17) is 0 Å². The first-order chi connectivity index (χ1) is 31.3. The molecule has 11 aromatic rings. The van der Waals surface area contributed by atoms with Crippen LogP contribution in [0.4, 0.5) is 11.4 Å². The van der Waals surface area contributed by atoms with Crippen molar-refractivity contribution in [1.82, 2.24) is 44.0 Å². The number of nitrogens with zero attached hydrogens (tertiary/aromatic N) is 8. The molecule has 12 nitrogen and oxygen atoms in total. The lowest BCUT2D eigenvalue weighted by atomic mass is 9.99. The number of aromatic amines is 1. The van der Waals surface area contributed by atoms with Crippen LogP contribution in [0.5, 0.6) is 0 Å². The SMILES string of the molecule is CC(Nc1cc(-c2ccc3ccn(C)c3c2)c2ncc(=O)[nH]c2c1)c1cccnc1.Cn1ccc2ccc(-c3cc(NC(c4cccnc4)c4cccnc4)cc4nccnc34)cc21. The molecule has 3 N–H and O–H groups in total. The van der Waals surface area contributed by atoms with Gasteiger partial charge in [-0.2, -0.15) is 0 Å². The van der Waals surface area contributed by atoms with Crippen molar-refractivity contribution in [2.75, 3.05) is 10.6 Å². The lowest BCUT2D eigenvalue weighted by molar-refractivity contribution is 0.876. The molecule has 7 aromatic heterocycles. The zero-order valence-electron chi connectivity index (χ0n) is 35.4. The van der Waals surface area contributed by atoms with Gasteiger partial charge < -0.3 is 24.8 Å². The molecule has 1 atom stereocenters. The van der Waals surface area contributed by atoms with E-state index in [0.717, 1.165) is 72.4 Å². The van der Waals surface area contributed by atoms with Crippen molar-refractivity contribution in [1.29, 1.82) is 0 Å². The molecule has 11 rings (SSSR count). The summed E-state index contributed by atoms with van der Waals surface area (Å²) in [7, 11) is 4.10. The van der Waals surface area contributed by atoms with Crippen LogP contribution in [-0.4, -0.2) is 44.0 Å². The smallest absolute Gasteiger partial charge is 0.266 e. The number of fused-ring (bicyclic) bond motifs is 4. The Morgan fingerprint density at radius 3 is 1.70 bits per heavy atom. The van der Waals surface area contributed by atoms with Gasteiger partial charge in [0.15, 0.2) is 0 Å². The lowest BCUT2D eigenvalue weighted by Gasteiger charge is -2.21. The highest BCUT2D eigenvalue weighted by Crippen LogP contribution is 2.36. The minimum absolute atomic E-state index is 0.0581. The molecule has 312 valence electrons. The fourth-order valence-electron chi connectivity index (χ4n) is 8.28. The summed E-state index contributed by atoms with van der Waals surface area (Å²) in [6.45, 7) is 2.09. The molecule has 0 radical (unpaired) electrons. The highest BCUT2D eigenvalue weighted by atomic mass is 16.1. The summed E-state index contributed by atoms with van der Waals surface area (Å²) in [5.74, 6) is 0. The maximum Gasteiger partial charge on any atom is 0.266 e. The van der Waals surface area contributed by atoms with Gasteiger partial charge in [0, 0.05) is 110 Å². The monoisotopic (exact) mass is 837 g/mol. The molecular weight excluding hydrogens is 795 g/mol. The minimum atomic E-state index is -0.219. The number of anilines is 2. The Balaban J connectivity index is 0.000000153. The van der Waals surface area contributed by atoms with Gasteiger partial charge in [0.05, 0.1) is 40.3 Å². The van der Waals surface area contributed by atoms with Crippen molar-refractivity contribution in [2.45, 2.75) is 19.0 Å². The average Bonchev–Trinajstić information content (AvgIpc) is 3.91. The quantitative estimate of drug-likeness (QED) is 0.129. The Labute approximate surface area is 368 Å². The van der Waals surface area contributed by atoms with Crippen molar-refractivity contribution in [3.05, 3.63) is 204 Å². The summed E-state index contributed by atoms with van der Waals surface area (Å²) in [4.78, 5) is 41.4. The molecule has 0 spiro atoms. The average molecular weight is 838 g/mol. The molecule has 0 aliphatic rings. The number of nitrogens with one attached hydrogen (secondary N) is 3. The van der Waals surface area contributed by atoms with Crippen molar-refractivity contribution in [3.8, 4) is 22.3 Å². The van der Waals surface area contributed by atoms with Crippen LogP contribution in [0.15, 0.2) is 182 Å². The second-order valence-corrected chi connectivity index (χ2v) is 15.8. The third-order valence-electron chi connectivity index (χ3n) is 11.6. The highest BCUT2D eigenvalue weighted by molar-refractivity contribution is 5.98. The number of benzene rings is 4. The summed E-state index contributed by atoms with van der Waals surface area (Å²) >= 11 is 0. The van der Waals surface area contributed by atoms with E-state index in [9.17, 15) is 4.79 Å². The number of pyridine rings is 3. The lowest BCUT2D eigenvalue weighted by Crippen LogP contribution is -2.13. The molecular formula is C52H43N11O. The van der Waals surface area contributed by atoms with Crippen LogP contribution < -0.4 is 16.2 Å². The number of aromatic nitrogens is 9. The number of hydrogen-bond acceptors (Lipinski definition) is 9. The summed E-state index contributed by atoms with van der Waals surface area (Å²) < 4.78 is 4.23. The van der Waals surface area contributed by atoms with E-state index in [-0.39, 0.29) is 17.6 Å². The van der Waals surface area contributed by atoms with Gasteiger partial charge in [0.25, 0.3) is 5.56 Å². The first-order valence-electron chi connectivity index (χ1n) is 21.0. The first-order valence-corrected chi connectivity index (χ1v) is 21.0. The van der Waals surface area contributed by atoms with Gasteiger partial charge in [-0.15, -0.1) is 0 Å². The van der Waals surface area contributed by atoms with Crippen LogP contribution >= 0.6 is 0 Å². The summed E-state index contributed by atoms with van der Waals surface area (Å²) in [5.41, 5.74) is 14.5. The molecule has 12 heteroatoms. The summed E-state index contributed by atoms with van der Waals surface area (Å²) in [5, 5.41) is 9.63. The second kappa shape index (κ2) is 17.1. The van der Waals surface area contributed by atoms with Gasteiger partial charge in [0.1, 0.15) is 0 Å². The van der Waals surface area contributed by atoms with Crippen LogP contribution in [0.25, 0.3) is 66.1 Å². The molecule has 0 bridgehead atoms. The van der Waals surface area contributed by atoms with E-state index in [1.54, 1.807) is 31.0 Å². The Hall–Kier alpha value is -8.51. The molecule has 4 aromatic carbocycles. The maximum atomic E-state index is 11.9. The van der Waals surface area contributed by atoms with Gasteiger partial charge in [-0.25, -0.2) is 4.98 Å². The Bertz CT molecular complexity index is 3440. The van der Waals surface area contributed by atoms with Gasteiger partial charge in [-0.1, -0.05) is 42.5 Å². The minimum Gasteiger partial charge on any atom is -0.378 e. The van der Waals surface area contributed by atoms with E-state index >= 15 is 0 Å². The molecule has 0 saturated heterocycles. The van der Waals surface area contributed by atoms with Crippen LogP contribution in [0.1, 0.15) is 35.7 Å². The fourth-order valence-corrected chi connectivity index (χ4v) is 8.28.